The number of hydrogen-bond acceptors (Lipinski definition) is 0. The highest BCUT2D eigenvalue weighted by molar-refractivity contribution is 5.26. The molecule has 0 heterocycles. The first-order chi connectivity index (χ1) is 10.4. The Balaban J connectivity index is 1.52. The maximum Gasteiger partial charge on any atom is -0.0162 e. The Morgan fingerprint density at radius 2 is 1.43 bits per heavy atom. The second-order valence-corrected chi connectivity index (χ2v) is 7.31. The van der Waals surface area contributed by atoms with E-state index in [-0.39, 0.29) is 0 Å². The first-order valence-corrected chi connectivity index (χ1v) is 9.27. The van der Waals surface area contributed by atoms with Gasteiger partial charge in [-0.2, -0.15) is 0 Å². The molecule has 2 aliphatic carbocycles. The van der Waals surface area contributed by atoms with Crippen LogP contribution < -0.4 is 0 Å². The summed E-state index contributed by atoms with van der Waals surface area (Å²) in [7, 11) is 0. The first kappa shape index (κ1) is 15.1. The molecule has 2 fully saturated rings. The molecule has 0 amide bonds. The van der Waals surface area contributed by atoms with Crippen LogP contribution in [0.5, 0.6) is 0 Å². The van der Waals surface area contributed by atoms with Gasteiger partial charge in [0.15, 0.2) is 0 Å². The van der Waals surface area contributed by atoms with Crippen molar-refractivity contribution in [3.05, 3.63) is 41.8 Å². The van der Waals surface area contributed by atoms with Crippen LogP contribution in [-0.2, 0) is 6.42 Å². The highest BCUT2D eigenvalue weighted by Crippen LogP contribution is 2.42. The third-order valence-electron chi connectivity index (χ3n) is 5.91. The molecule has 0 aliphatic heterocycles. The fourth-order valence-corrected chi connectivity index (χ4v) is 4.59. The van der Waals surface area contributed by atoms with E-state index in [0.717, 1.165) is 17.8 Å². The van der Waals surface area contributed by atoms with E-state index in [9.17, 15) is 0 Å². The van der Waals surface area contributed by atoms with E-state index in [2.05, 4.69) is 37.6 Å². The molecule has 2 saturated carbocycles. The molecule has 1 aromatic rings. The van der Waals surface area contributed by atoms with Crippen molar-refractivity contribution in [1.82, 2.24) is 0 Å². The van der Waals surface area contributed by atoms with Crippen LogP contribution in [0.2, 0.25) is 0 Å². The zero-order chi connectivity index (χ0) is 14.5. The van der Waals surface area contributed by atoms with Crippen molar-refractivity contribution in [3.63, 3.8) is 0 Å². The number of benzene rings is 1. The van der Waals surface area contributed by atoms with Gasteiger partial charge in [-0.25, -0.2) is 0 Å². The number of aryl methyl sites for hydroxylation is 1. The third kappa shape index (κ3) is 3.90. The standard InChI is InChI=1S/C21H31/c1-2-6-17-9-11-19(12-10-17)21-15-13-20(14-16-21)18-7-4-3-5-8-18/h3,9-12,18,20-21H,2,4-8,13-16H2,1H3/t20-,21-. The van der Waals surface area contributed by atoms with Crippen LogP contribution in [0.15, 0.2) is 24.3 Å². The SMILES string of the molecule is CCCc1ccc([C@H]2CC[C@H](C3CC[CH]CC3)CC2)cc1. The van der Waals surface area contributed by atoms with Gasteiger partial charge in [-0.15, -0.1) is 0 Å². The minimum atomic E-state index is 0.840. The highest BCUT2D eigenvalue weighted by Gasteiger charge is 2.28. The summed E-state index contributed by atoms with van der Waals surface area (Å²) in [5.74, 6) is 2.92. The molecule has 0 unspecified atom stereocenters. The predicted octanol–water partition coefficient (Wildman–Crippen LogP) is 6.31. The molecule has 1 radical (unpaired) electrons. The van der Waals surface area contributed by atoms with Gasteiger partial charge >= 0.3 is 0 Å². The monoisotopic (exact) mass is 283 g/mol. The maximum absolute atomic E-state index is 2.50. The van der Waals surface area contributed by atoms with Gasteiger partial charge in [-0.3, -0.25) is 0 Å². The Morgan fingerprint density at radius 3 is 2.05 bits per heavy atom. The third-order valence-corrected chi connectivity index (χ3v) is 5.91. The summed E-state index contributed by atoms with van der Waals surface area (Å²) in [6.07, 6.45) is 16.5. The van der Waals surface area contributed by atoms with E-state index >= 15 is 0 Å². The molecular weight excluding hydrogens is 252 g/mol. The van der Waals surface area contributed by atoms with Crippen LogP contribution in [0, 0.1) is 18.3 Å². The molecule has 0 aromatic heterocycles. The molecule has 0 nitrogen and oxygen atoms in total. The summed E-state index contributed by atoms with van der Waals surface area (Å²) in [6, 6.07) is 9.54. The largest absolute Gasteiger partial charge is 0.0651 e. The summed E-state index contributed by atoms with van der Waals surface area (Å²) in [5, 5.41) is 0. The normalized spacial score (nSPS) is 27.7. The van der Waals surface area contributed by atoms with Gasteiger partial charge in [-0.05, 0) is 93.1 Å². The molecule has 21 heavy (non-hydrogen) atoms. The Bertz CT molecular complexity index is 402. The van der Waals surface area contributed by atoms with Crippen LogP contribution in [0.1, 0.15) is 81.8 Å². The van der Waals surface area contributed by atoms with E-state index in [0.29, 0.717) is 0 Å². The summed E-state index contributed by atoms with van der Waals surface area (Å²) in [4.78, 5) is 0. The topological polar surface area (TPSA) is 0 Å². The van der Waals surface area contributed by atoms with Gasteiger partial charge in [0.25, 0.3) is 0 Å². The Kier molecular flexibility index (Phi) is 5.38. The number of hydrogen-bond donors (Lipinski definition) is 0. The molecule has 115 valence electrons. The van der Waals surface area contributed by atoms with E-state index in [1.807, 2.05) is 0 Å². The zero-order valence-electron chi connectivity index (χ0n) is 13.7. The fourth-order valence-electron chi connectivity index (χ4n) is 4.59. The van der Waals surface area contributed by atoms with Gasteiger partial charge in [0.05, 0.1) is 0 Å². The van der Waals surface area contributed by atoms with E-state index in [4.69, 9.17) is 0 Å². The van der Waals surface area contributed by atoms with Crippen molar-refractivity contribution in [3.8, 4) is 0 Å². The first-order valence-electron chi connectivity index (χ1n) is 9.27. The number of rotatable bonds is 4. The fraction of sp³-hybridized carbons (Fsp3) is 0.667. The van der Waals surface area contributed by atoms with E-state index in [1.54, 1.807) is 5.56 Å². The Labute approximate surface area is 131 Å². The summed E-state index contributed by atoms with van der Waals surface area (Å²) in [5.41, 5.74) is 3.11. The van der Waals surface area contributed by atoms with Crippen molar-refractivity contribution in [1.29, 1.82) is 0 Å². The van der Waals surface area contributed by atoms with Crippen LogP contribution in [0.4, 0.5) is 0 Å². The summed E-state index contributed by atoms with van der Waals surface area (Å²) >= 11 is 0. The molecule has 0 atom stereocenters. The lowest BCUT2D eigenvalue weighted by Gasteiger charge is -2.36. The molecule has 2 aliphatic rings. The maximum atomic E-state index is 2.50. The van der Waals surface area contributed by atoms with Crippen molar-refractivity contribution < 1.29 is 0 Å². The minimum Gasteiger partial charge on any atom is -0.0651 e. The minimum absolute atomic E-state index is 0.840. The van der Waals surface area contributed by atoms with Gasteiger partial charge in [0, 0.05) is 0 Å². The van der Waals surface area contributed by atoms with Crippen LogP contribution in [-0.4, -0.2) is 0 Å². The molecular formula is C21H31. The highest BCUT2D eigenvalue weighted by atomic mass is 14.3. The van der Waals surface area contributed by atoms with Gasteiger partial charge in [0.2, 0.25) is 0 Å². The van der Waals surface area contributed by atoms with Gasteiger partial charge < -0.3 is 0 Å². The van der Waals surface area contributed by atoms with Gasteiger partial charge in [-0.1, -0.05) is 37.6 Å². The van der Waals surface area contributed by atoms with E-state index in [1.165, 1.54) is 69.8 Å². The molecule has 0 bridgehead atoms. The Hall–Kier alpha value is -0.780. The lowest BCUT2D eigenvalue weighted by molar-refractivity contribution is 0.199. The molecule has 0 saturated heterocycles. The zero-order valence-corrected chi connectivity index (χ0v) is 13.7. The second-order valence-electron chi connectivity index (χ2n) is 7.31. The van der Waals surface area contributed by atoms with Gasteiger partial charge in [0.1, 0.15) is 0 Å². The van der Waals surface area contributed by atoms with Crippen molar-refractivity contribution in [2.45, 2.75) is 77.0 Å². The smallest absolute Gasteiger partial charge is 0.0162 e. The lowest BCUT2D eigenvalue weighted by atomic mass is 9.70. The molecule has 0 spiro atoms. The van der Waals surface area contributed by atoms with Crippen molar-refractivity contribution in [2.24, 2.45) is 11.8 Å². The van der Waals surface area contributed by atoms with Crippen molar-refractivity contribution >= 4 is 0 Å². The lowest BCUT2D eigenvalue weighted by Crippen LogP contribution is -2.23. The summed E-state index contributed by atoms with van der Waals surface area (Å²) in [6.45, 7) is 2.26. The average Bonchev–Trinajstić information content (AvgIpc) is 2.57. The van der Waals surface area contributed by atoms with Crippen molar-refractivity contribution in [2.75, 3.05) is 0 Å². The molecule has 0 N–H and O–H groups in total. The van der Waals surface area contributed by atoms with Crippen LogP contribution >= 0.6 is 0 Å². The average molecular weight is 283 g/mol. The van der Waals surface area contributed by atoms with E-state index < -0.39 is 0 Å². The van der Waals surface area contributed by atoms with Crippen LogP contribution in [0.25, 0.3) is 0 Å². The predicted molar refractivity (Wildman–Crippen MR) is 91.4 cm³/mol. The molecule has 0 heteroatoms. The molecule has 1 aromatic carbocycles. The quantitative estimate of drug-likeness (QED) is 0.607. The Morgan fingerprint density at radius 1 is 0.810 bits per heavy atom. The van der Waals surface area contributed by atoms with Crippen LogP contribution in [0.3, 0.4) is 0 Å². The molecule has 3 rings (SSSR count). The summed E-state index contributed by atoms with van der Waals surface area (Å²) < 4.78 is 0. The second kappa shape index (κ2) is 7.47.